The van der Waals surface area contributed by atoms with E-state index in [0.29, 0.717) is 17.3 Å². The van der Waals surface area contributed by atoms with E-state index in [9.17, 15) is 4.79 Å². The molecule has 78 valence electrons. The fourth-order valence-corrected chi connectivity index (χ4v) is 1.62. The molecule has 0 bridgehead atoms. The predicted molar refractivity (Wildman–Crippen MR) is 58.9 cm³/mol. The maximum Gasteiger partial charge on any atom is 0.255 e. The number of rotatable bonds is 1. The largest absolute Gasteiger partial charge is 0.335 e. The molecule has 0 radical (unpaired) electrons. The summed E-state index contributed by atoms with van der Waals surface area (Å²) in [6, 6.07) is 3.34. The number of hydrogen-bond donors (Lipinski definition) is 0. The van der Waals surface area contributed by atoms with Gasteiger partial charge in [-0.05, 0) is 18.6 Å². The molecule has 0 aliphatic carbocycles. The molecule has 0 N–H and O–H groups in total. The van der Waals surface area contributed by atoms with Gasteiger partial charge in [0.05, 0.1) is 5.56 Å². The van der Waals surface area contributed by atoms with E-state index in [1.807, 2.05) is 6.08 Å². The Morgan fingerprint density at radius 2 is 2.27 bits per heavy atom. The molecule has 0 spiro atoms. The van der Waals surface area contributed by atoms with Crippen LogP contribution in [0.2, 0.25) is 5.15 Å². The maximum atomic E-state index is 11.9. The smallest absolute Gasteiger partial charge is 0.255 e. The van der Waals surface area contributed by atoms with Gasteiger partial charge in [-0.1, -0.05) is 23.8 Å². The summed E-state index contributed by atoms with van der Waals surface area (Å²) in [6.45, 7) is 1.46. The molecule has 1 aromatic rings. The normalized spacial score (nSPS) is 15.4. The highest BCUT2D eigenvalue weighted by Crippen LogP contribution is 2.10. The van der Waals surface area contributed by atoms with Gasteiger partial charge in [0, 0.05) is 19.3 Å². The van der Waals surface area contributed by atoms with Crippen molar-refractivity contribution in [2.45, 2.75) is 6.42 Å². The minimum Gasteiger partial charge on any atom is -0.335 e. The fraction of sp³-hybridized carbons (Fsp3) is 0.273. The second kappa shape index (κ2) is 4.45. The van der Waals surface area contributed by atoms with Crippen molar-refractivity contribution < 1.29 is 4.79 Å². The van der Waals surface area contributed by atoms with E-state index < -0.39 is 0 Å². The van der Waals surface area contributed by atoms with E-state index in [1.54, 1.807) is 17.0 Å². The fourth-order valence-electron chi connectivity index (χ4n) is 1.51. The number of hydrogen-bond acceptors (Lipinski definition) is 2. The first-order chi connectivity index (χ1) is 7.27. The van der Waals surface area contributed by atoms with E-state index in [0.717, 1.165) is 13.0 Å². The van der Waals surface area contributed by atoms with Gasteiger partial charge in [-0.25, -0.2) is 4.98 Å². The Morgan fingerprint density at radius 1 is 1.40 bits per heavy atom. The number of nitrogens with zero attached hydrogens (tertiary/aromatic N) is 2. The second-order valence-corrected chi connectivity index (χ2v) is 3.77. The molecule has 2 heterocycles. The van der Waals surface area contributed by atoms with E-state index in [2.05, 4.69) is 11.1 Å². The molecule has 1 aliphatic heterocycles. The van der Waals surface area contributed by atoms with Crippen LogP contribution < -0.4 is 0 Å². The minimum atomic E-state index is 0.0171. The van der Waals surface area contributed by atoms with Gasteiger partial charge in [0.15, 0.2) is 0 Å². The minimum absolute atomic E-state index is 0.0171. The van der Waals surface area contributed by atoms with Crippen LogP contribution in [0.15, 0.2) is 30.5 Å². The van der Waals surface area contributed by atoms with E-state index in [1.165, 1.54) is 6.20 Å². The lowest BCUT2D eigenvalue weighted by Crippen LogP contribution is -2.33. The SMILES string of the molecule is O=C(c1ccc(Cl)nc1)N1CC=CCC1. The van der Waals surface area contributed by atoms with Crippen LogP contribution in [-0.4, -0.2) is 28.9 Å². The topological polar surface area (TPSA) is 33.2 Å². The first-order valence-electron chi connectivity index (χ1n) is 4.83. The van der Waals surface area contributed by atoms with Crippen LogP contribution in [0.5, 0.6) is 0 Å². The molecular weight excluding hydrogens is 212 g/mol. The molecule has 0 saturated carbocycles. The van der Waals surface area contributed by atoms with E-state index in [4.69, 9.17) is 11.6 Å². The summed E-state index contributed by atoms with van der Waals surface area (Å²) in [5.74, 6) is 0.0171. The first-order valence-corrected chi connectivity index (χ1v) is 5.21. The molecule has 0 atom stereocenters. The van der Waals surface area contributed by atoms with Crippen LogP contribution in [0.1, 0.15) is 16.8 Å². The lowest BCUT2D eigenvalue weighted by Gasteiger charge is -2.23. The summed E-state index contributed by atoms with van der Waals surface area (Å²) < 4.78 is 0. The quantitative estimate of drug-likeness (QED) is 0.539. The number of carbonyl (C=O) groups is 1. The number of pyridine rings is 1. The summed E-state index contributed by atoms with van der Waals surface area (Å²) in [5, 5.41) is 0.407. The summed E-state index contributed by atoms with van der Waals surface area (Å²) in [5.41, 5.74) is 0.592. The van der Waals surface area contributed by atoms with Gasteiger partial charge in [0.2, 0.25) is 0 Å². The molecule has 0 fully saturated rings. The highest BCUT2D eigenvalue weighted by atomic mass is 35.5. The standard InChI is InChI=1S/C11H11ClN2O/c12-10-5-4-9(8-13-10)11(15)14-6-2-1-3-7-14/h1-2,4-5,8H,3,6-7H2. The molecule has 4 heteroatoms. The van der Waals surface area contributed by atoms with E-state index >= 15 is 0 Å². The third-order valence-corrected chi connectivity index (χ3v) is 2.54. The van der Waals surface area contributed by atoms with Gasteiger partial charge in [-0.15, -0.1) is 0 Å². The van der Waals surface area contributed by atoms with Gasteiger partial charge in [-0.2, -0.15) is 0 Å². The van der Waals surface area contributed by atoms with Crippen LogP contribution in [0.25, 0.3) is 0 Å². The Hall–Kier alpha value is -1.35. The third-order valence-electron chi connectivity index (χ3n) is 2.32. The van der Waals surface area contributed by atoms with Crippen molar-refractivity contribution in [3.8, 4) is 0 Å². The zero-order chi connectivity index (χ0) is 10.7. The van der Waals surface area contributed by atoms with Crippen LogP contribution in [-0.2, 0) is 0 Å². The van der Waals surface area contributed by atoms with Crippen LogP contribution in [0.4, 0.5) is 0 Å². The van der Waals surface area contributed by atoms with Crippen molar-refractivity contribution in [3.63, 3.8) is 0 Å². The van der Waals surface area contributed by atoms with Crippen LogP contribution in [0, 0.1) is 0 Å². The molecule has 1 aliphatic rings. The average Bonchev–Trinajstić information content (AvgIpc) is 2.30. The zero-order valence-electron chi connectivity index (χ0n) is 8.19. The molecular formula is C11H11ClN2O. The summed E-state index contributed by atoms with van der Waals surface area (Å²) in [7, 11) is 0. The highest BCUT2D eigenvalue weighted by Gasteiger charge is 2.15. The van der Waals surface area contributed by atoms with Crippen molar-refractivity contribution in [2.24, 2.45) is 0 Å². The number of aromatic nitrogens is 1. The predicted octanol–water partition coefficient (Wildman–Crippen LogP) is 2.14. The highest BCUT2D eigenvalue weighted by molar-refractivity contribution is 6.29. The lowest BCUT2D eigenvalue weighted by atomic mass is 10.2. The first kappa shape index (κ1) is 10.2. The molecule has 2 rings (SSSR count). The Morgan fingerprint density at radius 3 is 2.87 bits per heavy atom. The van der Waals surface area contributed by atoms with Crippen molar-refractivity contribution in [2.75, 3.05) is 13.1 Å². The molecule has 15 heavy (non-hydrogen) atoms. The zero-order valence-corrected chi connectivity index (χ0v) is 8.94. The molecule has 3 nitrogen and oxygen atoms in total. The van der Waals surface area contributed by atoms with Crippen molar-refractivity contribution in [3.05, 3.63) is 41.2 Å². The number of halogens is 1. The summed E-state index contributed by atoms with van der Waals surface area (Å²) in [4.78, 5) is 17.6. The molecule has 1 aromatic heterocycles. The van der Waals surface area contributed by atoms with Gasteiger partial charge < -0.3 is 4.90 Å². The van der Waals surface area contributed by atoms with Gasteiger partial charge in [0.1, 0.15) is 5.15 Å². The molecule has 0 saturated heterocycles. The number of carbonyl (C=O) groups excluding carboxylic acids is 1. The Labute approximate surface area is 93.4 Å². The van der Waals surface area contributed by atoms with Gasteiger partial charge in [-0.3, -0.25) is 4.79 Å². The van der Waals surface area contributed by atoms with Gasteiger partial charge >= 0.3 is 0 Å². The third kappa shape index (κ3) is 2.36. The summed E-state index contributed by atoms with van der Waals surface area (Å²) >= 11 is 5.65. The van der Waals surface area contributed by atoms with Crippen molar-refractivity contribution in [1.29, 1.82) is 0 Å². The molecule has 0 unspecified atom stereocenters. The van der Waals surface area contributed by atoms with Crippen molar-refractivity contribution in [1.82, 2.24) is 9.88 Å². The van der Waals surface area contributed by atoms with Crippen LogP contribution in [0.3, 0.4) is 0 Å². The Balaban J connectivity index is 2.13. The Kier molecular flexibility index (Phi) is 3.02. The van der Waals surface area contributed by atoms with Crippen LogP contribution >= 0.6 is 11.6 Å². The number of amides is 1. The molecule has 0 aromatic carbocycles. The van der Waals surface area contributed by atoms with Gasteiger partial charge in [0.25, 0.3) is 5.91 Å². The summed E-state index contributed by atoms with van der Waals surface area (Å²) in [6.07, 6.45) is 6.53. The molecule has 1 amide bonds. The van der Waals surface area contributed by atoms with E-state index in [-0.39, 0.29) is 5.91 Å². The lowest BCUT2D eigenvalue weighted by molar-refractivity contribution is 0.0770. The Bertz CT molecular complexity index is 386. The second-order valence-electron chi connectivity index (χ2n) is 3.38. The monoisotopic (exact) mass is 222 g/mol. The van der Waals surface area contributed by atoms with Crippen molar-refractivity contribution >= 4 is 17.5 Å². The maximum absolute atomic E-state index is 11.9. The average molecular weight is 223 g/mol.